The van der Waals surface area contributed by atoms with E-state index in [1.807, 2.05) is 34.6 Å². The van der Waals surface area contributed by atoms with Gasteiger partial charge in [0.25, 0.3) is 0 Å². The Hall–Kier alpha value is -2.10. The van der Waals surface area contributed by atoms with E-state index in [0.717, 1.165) is 5.00 Å². The topological polar surface area (TPSA) is 54.9 Å². The SMILES string of the molecule is CC.COc1ccc(Br)c(-c2c(Cl)cc3c(N4CCN(C(=O)OC(C)(C)C)CC4)snc3c2F)c1. The van der Waals surface area contributed by atoms with Crippen LogP contribution in [0.4, 0.5) is 14.2 Å². The van der Waals surface area contributed by atoms with E-state index >= 15 is 4.39 Å². The Labute approximate surface area is 223 Å². The van der Waals surface area contributed by atoms with E-state index in [9.17, 15) is 4.79 Å². The molecule has 0 aliphatic carbocycles. The first-order valence-corrected chi connectivity index (χ1v) is 13.4. The van der Waals surface area contributed by atoms with Crippen LogP contribution in [-0.4, -0.2) is 54.3 Å². The molecule has 1 saturated heterocycles. The standard InChI is InChI=1S/C23H24BrClFN3O3S.C2H6/c1-23(2,3)32-22(30)29-9-7-28(8-10-29)21-15-12-17(25)18(19(26)20(15)27-33-21)14-11-13(31-4)5-6-16(14)24;1-2/h5-6,11-12H,7-10H2,1-4H3;1-2H3. The average molecular weight is 587 g/mol. The van der Waals surface area contributed by atoms with Crippen molar-refractivity contribution < 1.29 is 18.7 Å². The van der Waals surface area contributed by atoms with Crippen LogP contribution in [0.25, 0.3) is 22.0 Å². The lowest BCUT2D eigenvalue weighted by Gasteiger charge is -2.36. The zero-order valence-corrected chi connectivity index (χ0v) is 23.9. The van der Waals surface area contributed by atoms with Gasteiger partial charge in [-0.05, 0) is 56.6 Å². The fourth-order valence-electron chi connectivity index (χ4n) is 3.72. The fraction of sp³-hybridized carbons (Fsp3) is 0.440. The number of hydrogen-bond acceptors (Lipinski definition) is 6. The lowest BCUT2D eigenvalue weighted by atomic mass is 10.0. The van der Waals surface area contributed by atoms with Gasteiger partial charge in [-0.15, -0.1) is 0 Å². The normalized spacial score (nSPS) is 14.0. The molecule has 3 aromatic rings. The fourth-order valence-corrected chi connectivity index (χ4v) is 5.36. The summed E-state index contributed by atoms with van der Waals surface area (Å²) in [5.74, 6) is 0.131. The highest BCUT2D eigenvalue weighted by Crippen LogP contribution is 2.43. The molecule has 35 heavy (non-hydrogen) atoms. The van der Waals surface area contributed by atoms with Crippen LogP contribution in [0.3, 0.4) is 0 Å². The van der Waals surface area contributed by atoms with Gasteiger partial charge in [0.15, 0.2) is 5.82 Å². The molecule has 0 radical (unpaired) electrons. The second-order valence-corrected chi connectivity index (χ2v) is 10.7. The highest BCUT2D eigenvalue weighted by atomic mass is 79.9. The van der Waals surface area contributed by atoms with Crippen molar-refractivity contribution in [3.8, 4) is 16.9 Å². The van der Waals surface area contributed by atoms with Crippen molar-refractivity contribution >= 4 is 61.1 Å². The summed E-state index contributed by atoms with van der Waals surface area (Å²) in [6.07, 6.45) is -0.320. The summed E-state index contributed by atoms with van der Waals surface area (Å²) >= 11 is 11.3. The van der Waals surface area contributed by atoms with Crippen molar-refractivity contribution in [3.63, 3.8) is 0 Å². The molecule has 1 aromatic heterocycles. The zero-order chi connectivity index (χ0) is 25.9. The molecule has 190 valence electrons. The molecule has 0 unspecified atom stereocenters. The summed E-state index contributed by atoms with van der Waals surface area (Å²) < 4.78 is 31.5. The number of aromatic nitrogens is 1. The molecule has 0 bridgehead atoms. The lowest BCUT2D eigenvalue weighted by Crippen LogP contribution is -2.50. The number of fused-ring (bicyclic) bond motifs is 1. The van der Waals surface area contributed by atoms with Gasteiger partial charge in [0.1, 0.15) is 21.9 Å². The maximum atomic E-state index is 15.6. The van der Waals surface area contributed by atoms with Crippen molar-refractivity contribution in [2.45, 2.75) is 40.2 Å². The van der Waals surface area contributed by atoms with Crippen LogP contribution in [0.5, 0.6) is 5.75 Å². The number of amides is 1. The van der Waals surface area contributed by atoms with Crippen LogP contribution in [0.1, 0.15) is 34.6 Å². The minimum atomic E-state index is -0.536. The Kier molecular flexibility index (Phi) is 8.88. The maximum absolute atomic E-state index is 15.6. The molecule has 2 heterocycles. The number of halogens is 3. The molecule has 0 saturated carbocycles. The number of rotatable bonds is 3. The third kappa shape index (κ3) is 6.01. The lowest BCUT2D eigenvalue weighted by molar-refractivity contribution is 0.0241. The van der Waals surface area contributed by atoms with E-state index in [4.69, 9.17) is 21.1 Å². The number of benzene rings is 2. The molecule has 6 nitrogen and oxygen atoms in total. The molecule has 1 aliphatic heterocycles. The van der Waals surface area contributed by atoms with Crippen LogP contribution in [0.15, 0.2) is 28.7 Å². The summed E-state index contributed by atoms with van der Waals surface area (Å²) in [7, 11) is 1.56. The summed E-state index contributed by atoms with van der Waals surface area (Å²) in [6, 6.07) is 7.09. The molecular formula is C25H30BrClFN3O3S. The van der Waals surface area contributed by atoms with Gasteiger partial charge in [-0.3, -0.25) is 0 Å². The van der Waals surface area contributed by atoms with Gasteiger partial charge in [-0.25, -0.2) is 9.18 Å². The Morgan fingerprint density at radius 2 is 1.83 bits per heavy atom. The summed E-state index contributed by atoms with van der Waals surface area (Å²) in [5.41, 5.74) is 0.616. The predicted molar refractivity (Wildman–Crippen MR) is 146 cm³/mol. The number of hydrogen-bond donors (Lipinski definition) is 0. The second kappa shape index (κ2) is 11.3. The van der Waals surface area contributed by atoms with E-state index in [-0.39, 0.29) is 17.2 Å². The molecule has 0 spiro atoms. The minimum absolute atomic E-state index is 0.277. The number of carbonyl (C=O) groups excluding carboxylic acids is 1. The first kappa shape index (κ1) is 27.5. The van der Waals surface area contributed by atoms with Gasteiger partial charge < -0.3 is 19.3 Å². The van der Waals surface area contributed by atoms with Gasteiger partial charge in [-0.2, -0.15) is 4.37 Å². The smallest absolute Gasteiger partial charge is 0.410 e. The Morgan fingerprint density at radius 1 is 1.17 bits per heavy atom. The monoisotopic (exact) mass is 585 g/mol. The maximum Gasteiger partial charge on any atom is 0.410 e. The molecule has 1 fully saturated rings. The Bertz CT molecular complexity index is 1210. The summed E-state index contributed by atoms with van der Waals surface area (Å²) in [4.78, 5) is 16.1. The van der Waals surface area contributed by atoms with Crippen molar-refractivity contribution in [3.05, 3.63) is 39.6 Å². The van der Waals surface area contributed by atoms with Gasteiger partial charge in [0, 0.05) is 47.2 Å². The van der Waals surface area contributed by atoms with E-state index < -0.39 is 11.4 Å². The number of carbonyl (C=O) groups is 1. The predicted octanol–water partition coefficient (Wildman–Crippen LogP) is 7.61. The van der Waals surface area contributed by atoms with Gasteiger partial charge in [-0.1, -0.05) is 41.4 Å². The van der Waals surface area contributed by atoms with Crippen LogP contribution < -0.4 is 9.64 Å². The molecule has 10 heteroatoms. The van der Waals surface area contributed by atoms with E-state index in [0.29, 0.717) is 52.4 Å². The van der Waals surface area contributed by atoms with Crippen LogP contribution >= 0.6 is 39.1 Å². The van der Waals surface area contributed by atoms with Crippen LogP contribution in [-0.2, 0) is 4.74 Å². The highest BCUT2D eigenvalue weighted by molar-refractivity contribution is 9.10. The van der Waals surface area contributed by atoms with Crippen LogP contribution in [0, 0.1) is 5.82 Å². The molecule has 4 rings (SSSR count). The quantitative estimate of drug-likeness (QED) is 0.316. The summed E-state index contributed by atoms with van der Waals surface area (Å²) in [6.45, 7) is 11.8. The number of piperazine rings is 1. The van der Waals surface area contributed by atoms with Gasteiger partial charge in [0.05, 0.1) is 12.1 Å². The minimum Gasteiger partial charge on any atom is -0.497 e. The second-order valence-electron chi connectivity index (χ2n) is 8.73. The molecular weight excluding hydrogens is 557 g/mol. The van der Waals surface area contributed by atoms with Crippen molar-refractivity contribution in [2.24, 2.45) is 0 Å². The van der Waals surface area contributed by atoms with Crippen molar-refractivity contribution in [2.75, 3.05) is 38.2 Å². The van der Waals surface area contributed by atoms with E-state index in [1.54, 1.807) is 36.3 Å². The van der Waals surface area contributed by atoms with Crippen molar-refractivity contribution in [1.29, 1.82) is 0 Å². The van der Waals surface area contributed by atoms with Crippen LogP contribution in [0.2, 0.25) is 5.02 Å². The van der Waals surface area contributed by atoms with E-state index in [2.05, 4.69) is 25.2 Å². The van der Waals surface area contributed by atoms with Gasteiger partial charge >= 0.3 is 6.09 Å². The first-order valence-electron chi connectivity index (χ1n) is 11.4. The summed E-state index contributed by atoms with van der Waals surface area (Å²) in [5, 5.41) is 1.80. The highest BCUT2D eigenvalue weighted by Gasteiger charge is 2.28. The van der Waals surface area contributed by atoms with Crippen molar-refractivity contribution in [1.82, 2.24) is 9.27 Å². The van der Waals surface area contributed by atoms with Gasteiger partial charge in [0.2, 0.25) is 0 Å². The van der Waals surface area contributed by atoms with E-state index in [1.165, 1.54) is 11.5 Å². The molecule has 1 amide bonds. The number of nitrogens with zero attached hydrogens (tertiary/aromatic N) is 3. The Morgan fingerprint density at radius 3 is 2.43 bits per heavy atom. The zero-order valence-electron chi connectivity index (χ0n) is 20.7. The third-order valence-corrected chi connectivity index (χ3v) is 7.22. The molecule has 1 aliphatic rings. The largest absolute Gasteiger partial charge is 0.497 e. The average Bonchev–Trinajstić information content (AvgIpc) is 3.24. The first-order chi connectivity index (χ1) is 16.6. The third-order valence-electron chi connectivity index (χ3n) is 5.31. The number of methoxy groups -OCH3 is 1. The Balaban J connectivity index is 0.00000167. The number of ether oxygens (including phenoxy) is 2. The molecule has 0 atom stereocenters. The molecule has 2 aromatic carbocycles. The number of anilines is 1. The molecule has 0 N–H and O–H groups in total.